The van der Waals surface area contributed by atoms with E-state index in [9.17, 15) is 18.8 Å². The van der Waals surface area contributed by atoms with Crippen LogP contribution in [0, 0.1) is 5.82 Å². The van der Waals surface area contributed by atoms with Crippen LogP contribution < -0.4 is 5.32 Å². The molecule has 12 heteroatoms. The Morgan fingerprint density at radius 1 is 1.18 bits per heavy atom. The summed E-state index contributed by atoms with van der Waals surface area (Å²) >= 11 is 3.65. The van der Waals surface area contributed by atoms with Gasteiger partial charge in [-0.1, -0.05) is 5.16 Å². The summed E-state index contributed by atoms with van der Waals surface area (Å²) in [6.45, 7) is 5.39. The fraction of sp³-hybridized carbons (Fsp3) is 0.385. The van der Waals surface area contributed by atoms with Crippen LogP contribution in [0.1, 0.15) is 42.7 Å². The number of carbonyl (C=O) groups excluding carboxylic acids is 1. The molecule has 1 saturated heterocycles. The van der Waals surface area contributed by atoms with Gasteiger partial charge >= 0.3 is 11.9 Å². The van der Waals surface area contributed by atoms with Gasteiger partial charge in [0.2, 0.25) is 5.91 Å². The van der Waals surface area contributed by atoms with Crippen LogP contribution in [0.5, 0.6) is 0 Å². The fourth-order valence-electron chi connectivity index (χ4n) is 4.00. The van der Waals surface area contributed by atoms with Crippen molar-refractivity contribution in [2.75, 3.05) is 25.4 Å². The number of carboxylic acid groups (broad SMARTS) is 2. The summed E-state index contributed by atoms with van der Waals surface area (Å²) in [4.78, 5) is 33.8. The predicted molar refractivity (Wildman–Crippen MR) is 144 cm³/mol. The molecule has 1 amide bonds. The van der Waals surface area contributed by atoms with Crippen molar-refractivity contribution in [2.45, 2.75) is 42.9 Å². The third-order valence-electron chi connectivity index (χ3n) is 5.82. The lowest BCUT2D eigenvalue weighted by Gasteiger charge is -2.31. The highest BCUT2D eigenvalue weighted by Gasteiger charge is 2.25. The summed E-state index contributed by atoms with van der Waals surface area (Å²) in [6, 6.07) is 8.91. The highest BCUT2D eigenvalue weighted by molar-refractivity contribution is 8.01. The number of halogens is 1. The third kappa shape index (κ3) is 9.58. The molecule has 2 aromatic heterocycles. The van der Waals surface area contributed by atoms with Gasteiger partial charge in [0.25, 0.3) is 0 Å². The highest BCUT2D eigenvalue weighted by atomic mass is 32.2. The summed E-state index contributed by atoms with van der Waals surface area (Å²) in [7, 11) is 0. The SMILES string of the molecule is CC(=O)NCc1ccc(SCCCN2CCC(c3noc4cc(F)ccc34)CC2)s1.O=C(O)/C=C/C(=O)O. The van der Waals surface area contributed by atoms with Gasteiger partial charge in [-0.2, -0.15) is 0 Å². The number of rotatable bonds is 10. The van der Waals surface area contributed by atoms with E-state index in [-0.39, 0.29) is 11.7 Å². The molecule has 1 aliphatic heterocycles. The van der Waals surface area contributed by atoms with E-state index in [0.29, 0.717) is 30.2 Å². The molecule has 9 nitrogen and oxygen atoms in total. The minimum absolute atomic E-state index is 0.00649. The molecule has 204 valence electrons. The van der Waals surface area contributed by atoms with Crippen molar-refractivity contribution in [3.8, 4) is 0 Å². The number of likely N-dealkylation sites (tertiary alicyclic amines) is 1. The van der Waals surface area contributed by atoms with Gasteiger partial charge in [-0.15, -0.1) is 23.1 Å². The van der Waals surface area contributed by atoms with E-state index in [1.54, 1.807) is 24.3 Å². The Balaban J connectivity index is 0.000000436. The number of carboxylic acids is 2. The van der Waals surface area contributed by atoms with Crippen molar-refractivity contribution < 1.29 is 33.5 Å². The Morgan fingerprint density at radius 3 is 2.55 bits per heavy atom. The maximum atomic E-state index is 13.3. The van der Waals surface area contributed by atoms with Crippen molar-refractivity contribution in [3.63, 3.8) is 0 Å². The van der Waals surface area contributed by atoms with Gasteiger partial charge in [0.15, 0.2) is 5.58 Å². The van der Waals surface area contributed by atoms with E-state index in [1.807, 2.05) is 11.8 Å². The van der Waals surface area contributed by atoms with Crippen molar-refractivity contribution in [2.24, 2.45) is 0 Å². The fourth-order valence-corrected chi connectivity index (χ4v) is 6.12. The van der Waals surface area contributed by atoms with E-state index in [4.69, 9.17) is 14.7 Å². The summed E-state index contributed by atoms with van der Waals surface area (Å²) in [6.07, 6.45) is 4.39. The monoisotopic (exact) mass is 563 g/mol. The zero-order chi connectivity index (χ0) is 27.5. The Hall–Kier alpha value is -3.22. The number of aromatic nitrogens is 1. The molecule has 38 heavy (non-hydrogen) atoms. The van der Waals surface area contributed by atoms with Gasteiger partial charge in [-0.25, -0.2) is 14.0 Å². The van der Waals surface area contributed by atoms with Crippen LogP contribution in [0.15, 0.2) is 51.2 Å². The van der Waals surface area contributed by atoms with Crippen LogP contribution in [0.3, 0.4) is 0 Å². The Kier molecular flexibility index (Phi) is 11.3. The lowest BCUT2D eigenvalue weighted by Crippen LogP contribution is -2.34. The molecule has 3 aromatic rings. The number of amides is 1. The number of nitrogens with zero attached hydrogens (tertiary/aromatic N) is 2. The van der Waals surface area contributed by atoms with Gasteiger partial charge < -0.3 is 25.0 Å². The highest BCUT2D eigenvalue weighted by Crippen LogP contribution is 2.33. The van der Waals surface area contributed by atoms with Gasteiger partial charge in [0, 0.05) is 47.1 Å². The maximum absolute atomic E-state index is 13.3. The Morgan fingerprint density at radius 2 is 1.89 bits per heavy atom. The first kappa shape index (κ1) is 29.3. The first-order chi connectivity index (χ1) is 18.2. The van der Waals surface area contributed by atoms with Crippen LogP contribution in [-0.4, -0.2) is 63.5 Å². The normalized spacial score (nSPS) is 14.4. The number of aliphatic carboxylic acids is 2. The average Bonchev–Trinajstić information content (AvgIpc) is 3.51. The lowest BCUT2D eigenvalue weighted by atomic mass is 9.91. The largest absolute Gasteiger partial charge is 0.478 e. The molecule has 0 radical (unpaired) electrons. The van der Waals surface area contributed by atoms with E-state index in [1.165, 1.54) is 21.2 Å². The summed E-state index contributed by atoms with van der Waals surface area (Å²) in [5.74, 6) is -1.31. The molecular formula is C26H30FN3O6S2. The molecule has 1 aliphatic rings. The number of piperidine rings is 1. The van der Waals surface area contributed by atoms with Crippen LogP contribution >= 0.6 is 23.1 Å². The molecule has 4 rings (SSSR count). The maximum Gasteiger partial charge on any atom is 0.328 e. The number of nitrogens with one attached hydrogen (secondary N) is 1. The standard InChI is InChI=1S/C22H26FN3O2S2.C4H4O4/c1-15(27)24-14-18-4-6-21(30-18)29-12-2-9-26-10-7-16(8-11-26)22-19-5-3-17(23)13-20(19)28-25-22;5-3(6)1-2-4(7)8/h3-6,13,16H,2,7-12,14H2,1H3,(H,24,27);1-2H,(H,5,6)(H,7,8)/b;2-1+. The molecule has 3 N–H and O–H groups in total. The van der Waals surface area contributed by atoms with Crippen LogP contribution in [-0.2, 0) is 20.9 Å². The molecule has 0 aliphatic carbocycles. The minimum atomic E-state index is -1.26. The van der Waals surface area contributed by atoms with E-state index in [2.05, 4.69) is 27.5 Å². The smallest absolute Gasteiger partial charge is 0.328 e. The number of fused-ring (bicyclic) bond motifs is 1. The summed E-state index contributed by atoms with van der Waals surface area (Å²) in [5, 5.41) is 23.6. The lowest BCUT2D eigenvalue weighted by molar-refractivity contribution is -0.134. The van der Waals surface area contributed by atoms with Crippen molar-refractivity contribution in [1.82, 2.24) is 15.4 Å². The molecular weight excluding hydrogens is 533 g/mol. The quantitative estimate of drug-likeness (QED) is 0.182. The van der Waals surface area contributed by atoms with Crippen molar-refractivity contribution >= 4 is 51.9 Å². The average molecular weight is 564 g/mol. The second-order valence-corrected chi connectivity index (χ2v) is 11.2. The molecule has 3 heterocycles. The number of hydrogen-bond donors (Lipinski definition) is 3. The Bertz CT molecular complexity index is 1250. The molecule has 0 spiro atoms. The minimum Gasteiger partial charge on any atom is -0.478 e. The summed E-state index contributed by atoms with van der Waals surface area (Å²) < 4.78 is 20.0. The molecule has 0 saturated carbocycles. The van der Waals surface area contributed by atoms with Gasteiger partial charge in [0.05, 0.1) is 16.4 Å². The third-order valence-corrected chi connectivity index (χ3v) is 8.21. The number of thioether (sulfide) groups is 1. The number of benzene rings is 1. The van der Waals surface area contributed by atoms with Crippen LogP contribution in [0.25, 0.3) is 11.0 Å². The molecule has 1 aromatic carbocycles. The molecule has 0 bridgehead atoms. The van der Waals surface area contributed by atoms with Gasteiger partial charge in [0.1, 0.15) is 5.82 Å². The summed E-state index contributed by atoms with van der Waals surface area (Å²) in [5.41, 5.74) is 1.52. The molecule has 0 atom stereocenters. The zero-order valence-electron chi connectivity index (χ0n) is 20.9. The Labute approximate surface area is 227 Å². The number of thiophene rings is 1. The van der Waals surface area contributed by atoms with Gasteiger partial charge in [-0.05, 0) is 63.2 Å². The first-order valence-electron chi connectivity index (χ1n) is 12.1. The van der Waals surface area contributed by atoms with Crippen molar-refractivity contribution in [3.05, 3.63) is 58.9 Å². The second kappa shape index (κ2) is 14.6. The van der Waals surface area contributed by atoms with Crippen LogP contribution in [0.2, 0.25) is 0 Å². The topological polar surface area (TPSA) is 133 Å². The second-order valence-electron chi connectivity index (χ2n) is 8.67. The van der Waals surface area contributed by atoms with E-state index in [0.717, 1.165) is 55.7 Å². The number of carbonyl (C=O) groups is 3. The van der Waals surface area contributed by atoms with E-state index < -0.39 is 11.9 Å². The molecule has 0 unspecified atom stereocenters. The van der Waals surface area contributed by atoms with Gasteiger partial charge in [-0.3, -0.25) is 4.79 Å². The van der Waals surface area contributed by atoms with Crippen LogP contribution in [0.4, 0.5) is 4.39 Å². The number of hydrogen-bond acceptors (Lipinski definition) is 8. The first-order valence-corrected chi connectivity index (χ1v) is 13.9. The van der Waals surface area contributed by atoms with E-state index >= 15 is 0 Å². The van der Waals surface area contributed by atoms with Crippen molar-refractivity contribution in [1.29, 1.82) is 0 Å². The molecule has 1 fully saturated rings. The zero-order valence-corrected chi connectivity index (χ0v) is 22.5. The predicted octanol–water partition coefficient (Wildman–Crippen LogP) is 4.74.